The molecular weight excluding hydrogens is 258 g/mol. The Balaban J connectivity index is 1.75. The number of nitrogens with zero attached hydrogens (tertiary/aromatic N) is 1. The zero-order chi connectivity index (χ0) is 14.5. The molecule has 1 aliphatic heterocycles. The highest BCUT2D eigenvalue weighted by molar-refractivity contribution is 5.78. The van der Waals surface area contributed by atoms with Crippen LogP contribution in [0, 0.1) is 12.8 Å². The van der Waals surface area contributed by atoms with Crippen LogP contribution in [-0.4, -0.2) is 41.6 Å². The van der Waals surface area contributed by atoms with E-state index < -0.39 is 11.9 Å². The summed E-state index contributed by atoms with van der Waals surface area (Å²) in [5.41, 5.74) is 1.11. The summed E-state index contributed by atoms with van der Waals surface area (Å²) in [4.78, 5) is 24.4. The Kier molecular flexibility index (Phi) is 4.61. The smallest absolute Gasteiger partial charge is 0.308 e. The van der Waals surface area contributed by atoms with E-state index in [-0.39, 0.29) is 12.3 Å². The van der Waals surface area contributed by atoms with E-state index in [4.69, 9.17) is 9.84 Å². The van der Waals surface area contributed by atoms with Gasteiger partial charge in [0.15, 0.2) is 0 Å². The first-order chi connectivity index (χ1) is 9.56. The van der Waals surface area contributed by atoms with Crippen molar-refractivity contribution in [1.82, 2.24) is 4.90 Å². The lowest BCUT2D eigenvalue weighted by Crippen LogP contribution is -2.30. The van der Waals surface area contributed by atoms with Crippen molar-refractivity contribution in [2.24, 2.45) is 5.92 Å². The third kappa shape index (κ3) is 3.73. The van der Waals surface area contributed by atoms with Gasteiger partial charge in [0, 0.05) is 13.1 Å². The number of carboxylic acid groups (broad SMARTS) is 1. The van der Waals surface area contributed by atoms with Gasteiger partial charge in [-0.1, -0.05) is 12.1 Å². The number of rotatable bonds is 5. The summed E-state index contributed by atoms with van der Waals surface area (Å²) >= 11 is 0. The summed E-state index contributed by atoms with van der Waals surface area (Å²) in [6.07, 6.45) is 0.820. The second-order valence-electron chi connectivity index (χ2n) is 5.08. The number of ether oxygens (including phenoxy) is 1. The maximum absolute atomic E-state index is 11.9. The first-order valence-electron chi connectivity index (χ1n) is 6.76. The van der Waals surface area contributed by atoms with Gasteiger partial charge in [-0.25, -0.2) is 0 Å². The van der Waals surface area contributed by atoms with E-state index in [1.807, 2.05) is 31.2 Å². The number of hydrogen-bond donors (Lipinski definition) is 1. The summed E-state index contributed by atoms with van der Waals surface area (Å²) in [7, 11) is 0. The van der Waals surface area contributed by atoms with Gasteiger partial charge < -0.3 is 14.7 Å². The molecule has 1 fully saturated rings. The highest BCUT2D eigenvalue weighted by Crippen LogP contribution is 2.17. The molecule has 1 saturated heterocycles. The van der Waals surface area contributed by atoms with Crippen molar-refractivity contribution in [2.45, 2.75) is 19.8 Å². The van der Waals surface area contributed by atoms with Crippen LogP contribution in [0.25, 0.3) is 0 Å². The van der Waals surface area contributed by atoms with Crippen LogP contribution in [0.3, 0.4) is 0 Å². The summed E-state index contributed by atoms with van der Waals surface area (Å²) in [5.74, 6) is -0.531. The Morgan fingerprint density at radius 2 is 2.25 bits per heavy atom. The molecule has 20 heavy (non-hydrogen) atoms. The van der Waals surface area contributed by atoms with Crippen molar-refractivity contribution in [3.05, 3.63) is 29.8 Å². The Morgan fingerprint density at radius 3 is 2.90 bits per heavy atom. The second kappa shape index (κ2) is 6.41. The van der Waals surface area contributed by atoms with E-state index in [0.29, 0.717) is 26.1 Å². The predicted octanol–water partition coefficient (Wildman–Crippen LogP) is 1.70. The Morgan fingerprint density at radius 1 is 1.45 bits per heavy atom. The molecule has 1 heterocycles. The molecule has 0 radical (unpaired) electrons. The van der Waals surface area contributed by atoms with Crippen LogP contribution in [0.2, 0.25) is 0 Å². The average molecular weight is 277 g/mol. The van der Waals surface area contributed by atoms with E-state index >= 15 is 0 Å². The summed E-state index contributed by atoms with van der Waals surface area (Å²) in [5, 5.41) is 8.90. The Labute approximate surface area is 118 Å². The van der Waals surface area contributed by atoms with Gasteiger partial charge in [-0.05, 0) is 31.0 Å². The summed E-state index contributed by atoms with van der Waals surface area (Å²) in [6, 6.07) is 7.66. The number of aliphatic carboxylic acids is 1. The lowest BCUT2D eigenvalue weighted by Gasteiger charge is -2.16. The predicted molar refractivity (Wildman–Crippen MR) is 73.6 cm³/mol. The molecule has 0 aromatic heterocycles. The number of hydrogen-bond acceptors (Lipinski definition) is 3. The molecule has 1 atom stereocenters. The van der Waals surface area contributed by atoms with Gasteiger partial charge in [0.1, 0.15) is 5.75 Å². The minimum absolute atomic E-state index is 0.0404. The molecular formula is C15H19NO4. The maximum atomic E-state index is 11.9. The highest BCUT2D eigenvalue weighted by Gasteiger charge is 2.30. The first-order valence-corrected chi connectivity index (χ1v) is 6.76. The topological polar surface area (TPSA) is 66.8 Å². The van der Waals surface area contributed by atoms with E-state index in [1.54, 1.807) is 4.90 Å². The monoisotopic (exact) mass is 277 g/mol. The molecule has 1 aromatic rings. The number of carbonyl (C=O) groups excluding carboxylic acids is 1. The van der Waals surface area contributed by atoms with Crippen LogP contribution >= 0.6 is 0 Å². The van der Waals surface area contributed by atoms with E-state index in [1.165, 1.54) is 0 Å². The molecule has 1 aromatic carbocycles. The highest BCUT2D eigenvalue weighted by atomic mass is 16.5. The Hall–Kier alpha value is -2.04. The summed E-state index contributed by atoms with van der Waals surface area (Å²) in [6.45, 7) is 3.14. The van der Waals surface area contributed by atoms with Crippen LogP contribution in [0.1, 0.15) is 18.4 Å². The molecule has 1 amide bonds. The first kappa shape index (κ1) is 14.4. The second-order valence-corrected chi connectivity index (χ2v) is 5.08. The quantitative estimate of drug-likeness (QED) is 0.889. The van der Waals surface area contributed by atoms with Gasteiger partial charge in [0.2, 0.25) is 5.91 Å². The fraction of sp³-hybridized carbons (Fsp3) is 0.467. The molecule has 0 saturated carbocycles. The van der Waals surface area contributed by atoms with Crippen molar-refractivity contribution in [3.63, 3.8) is 0 Å². The molecule has 2 rings (SSSR count). The molecule has 0 spiro atoms. The molecule has 5 nitrogen and oxygen atoms in total. The van der Waals surface area contributed by atoms with Crippen molar-refractivity contribution < 1.29 is 19.4 Å². The van der Waals surface area contributed by atoms with Gasteiger partial charge in [-0.15, -0.1) is 0 Å². The lowest BCUT2D eigenvalue weighted by molar-refractivity contribution is -0.141. The molecule has 1 aliphatic rings. The number of benzene rings is 1. The number of amides is 1. The van der Waals surface area contributed by atoms with Gasteiger partial charge >= 0.3 is 5.97 Å². The fourth-order valence-corrected chi connectivity index (χ4v) is 2.31. The minimum Gasteiger partial charge on any atom is -0.493 e. The lowest BCUT2D eigenvalue weighted by atomic mass is 10.1. The molecule has 5 heteroatoms. The summed E-state index contributed by atoms with van der Waals surface area (Å²) < 4.78 is 5.53. The third-order valence-electron chi connectivity index (χ3n) is 3.46. The van der Waals surface area contributed by atoms with Crippen molar-refractivity contribution in [1.29, 1.82) is 0 Å². The van der Waals surface area contributed by atoms with Crippen LogP contribution in [0.5, 0.6) is 5.75 Å². The van der Waals surface area contributed by atoms with Gasteiger partial charge in [-0.3, -0.25) is 9.59 Å². The normalized spacial score (nSPS) is 18.1. The van der Waals surface area contributed by atoms with Crippen LogP contribution < -0.4 is 4.74 Å². The largest absolute Gasteiger partial charge is 0.493 e. The Bertz CT molecular complexity index is 500. The van der Waals surface area contributed by atoms with E-state index in [0.717, 1.165) is 11.3 Å². The zero-order valence-corrected chi connectivity index (χ0v) is 11.5. The number of carbonyl (C=O) groups is 2. The molecule has 0 unspecified atom stereocenters. The van der Waals surface area contributed by atoms with Crippen LogP contribution in [0.15, 0.2) is 24.3 Å². The zero-order valence-electron chi connectivity index (χ0n) is 11.5. The van der Waals surface area contributed by atoms with Crippen LogP contribution in [-0.2, 0) is 9.59 Å². The van der Waals surface area contributed by atoms with Gasteiger partial charge in [0.05, 0.1) is 18.9 Å². The van der Waals surface area contributed by atoms with Crippen molar-refractivity contribution in [2.75, 3.05) is 19.7 Å². The average Bonchev–Trinajstić information content (AvgIpc) is 2.88. The molecule has 0 aliphatic carbocycles. The number of aryl methyl sites for hydroxylation is 1. The standard InChI is InChI=1S/C15H19NO4/c1-11-3-2-4-13(9-11)20-8-6-14(17)16-7-5-12(10-16)15(18)19/h2-4,9,12H,5-8,10H2,1H3,(H,18,19)/t12-/m1/s1. The maximum Gasteiger partial charge on any atom is 0.308 e. The molecule has 0 bridgehead atoms. The van der Waals surface area contributed by atoms with Gasteiger partial charge in [0.25, 0.3) is 0 Å². The van der Waals surface area contributed by atoms with Crippen molar-refractivity contribution >= 4 is 11.9 Å². The van der Waals surface area contributed by atoms with Crippen molar-refractivity contribution in [3.8, 4) is 5.75 Å². The number of carboxylic acids is 1. The fourth-order valence-electron chi connectivity index (χ4n) is 2.31. The van der Waals surface area contributed by atoms with Crippen LogP contribution in [0.4, 0.5) is 0 Å². The van der Waals surface area contributed by atoms with E-state index in [9.17, 15) is 9.59 Å². The number of likely N-dealkylation sites (tertiary alicyclic amines) is 1. The molecule has 108 valence electrons. The van der Waals surface area contributed by atoms with Gasteiger partial charge in [-0.2, -0.15) is 0 Å². The third-order valence-corrected chi connectivity index (χ3v) is 3.46. The van der Waals surface area contributed by atoms with E-state index in [2.05, 4.69) is 0 Å². The SMILES string of the molecule is Cc1cccc(OCCC(=O)N2CC[C@@H](C(=O)O)C2)c1. The molecule has 1 N–H and O–H groups in total. The minimum atomic E-state index is -0.823.